The summed E-state index contributed by atoms with van der Waals surface area (Å²) >= 11 is 12.2. The van der Waals surface area contributed by atoms with E-state index in [0.29, 0.717) is 39.0 Å². The highest BCUT2D eigenvalue weighted by Gasteiger charge is 2.26. The average molecular weight is 411 g/mol. The predicted octanol–water partition coefficient (Wildman–Crippen LogP) is 5.72. The molecule has 2 aromatic heterocycles. The third-order valence-corrected chi connectivity index (χ3v) is 5.22. The summed E-state index contributed by atoms with van der Waals surface area (Å²) in [4.78, 5) is 4.11. The van der Waals surface area contributed by atoms with Crippen LogP contribution in [0.3, 0.4) is 0 Å². The molecule has 0 aliphatic heterocycles. The molecule has 1 unspecified atom stereocenters. The summed E-state index contributed by atoms with van der Waals surface area (Å²) in [5, 5.41) is 16.2. The van der Waals surface area contributed by atoms with E-state index < -0.39 is 6.10 Å². The number of rotatable bonds is 5. The van der Waals surface area contributed by atoms with Crippen LogP contribution in [0.25, 0.3) is 11.3 Å². The van der Waals surface area contributed by atoms with Crippen molar-refractivity contribution in [3.63, 3.8) is 0 Å². The number of benzene rings is 2. The Morgan fingerprint density at radius 1 is 0.964 bits per heavy atom. The molecule has 2 heterocycles. The molecule has 1 N–H and O–H groups in total. The van der Waals surface area contributed by atoms with Crippen molar-refractivity contribution in [1.82, 2.24) is 10.1 Å². The van der Waals surface area contributed by atoms with Crippen LogP contribution in [0.1, 0.15) is 28.6 Å². The zero-order chi connectivity index (χ0) is 19.5. The van der Waals surface area contributed by atoms with E-state index in [1.165, 1.54) is 0 Å². The third kappa shape index (κ3) is 3.80. The van der Waals surface area contributed by atoms with Crippen molar-refractivity contribution in [2.75, 3.05) is 0 Å². The topological polar surface area (TPSA) is 59.2 Å². The molecule has 0 amide bonds. The van der Waals surface area contributed by atoms with Crippen LogP contribution in [0, 0.1) is 0 Å². The van der Waals surface area contributed by atoms with Gasteiger partial charge in [-0.25, -0.2) is 0 Å². The van der Waals surface area contributed by atoms with Gasteiger partial charge in [-0.15, -0.1) is 0 Å². The second kappa shape index (κ2) is 8.15. The van der Waals surface area contributed by atoms with Crippen LogP contribution < -0.4 is 0 Å². The normalized spacial score (nSPS) is 12.1. The Morgan fingerprint density at radius 3 is 2.50 bits per heavy atom. The molecule has 4 nitrogen and oxygen atoms in total. The van der Waals surface area contributed by atoms with Gasteiger partial charge in [0.15, 0.2) is 0 Å². The summed E-state index contributed by atoms with van der Waals surface area (Å²) in [6, 6.07) is 18.7. The van der Waals surface area contributed by atoms with Gasteiger partial charge in [0, 0.05) is 29.9 Å². The number of nitrogens with zero attached hydrogens (tertiary/aromatic N) is 2. The SMILES string of the molecule is OC(c1cccnc1)c1c(-c2ccc(Cl)c(Cl)c2)noc1Cc1ccccc1. The summed E-state index contributed by atoms with van der Waals surface area (Å²) in [7, 11) is 0. The first-order valence-electron chi connectivity index (χ1n) is 8.69. The number of hydrogen-bond donors (Lipinski definition) is 1. The molecule has 0 aliphatic rings. The summed E-state index contributed by atoms with van der Waals surface area (Å²) in [6.07, 6.45) is 2.85. The zero-order valence-electron chi connectivity index (χ0n) is 14.7. The predicted molar refractivity (Wildman–Crippen MR) is 110 cm³/mol. The maximum atomic E-state index is 11.1. The van der Waals surface area contributed by atoms with Crippen molar-refractivity contribution in [3.8, 4) is 11.3 Å². The Morgan fingerprint density at radius 2 is 1.79 bits per heavy atom. The van der Waals surface area contributed by atoms with E-state index in [4.69, 9.17) is 27.7 Å². The van der Waals surface area contributed by atoms with E-state index in [0.717, 1.165) is 11.1 Å². The van der Waals surface area contributed by atoms with Crippen LogP contribution in [0.15, 0.2) is 77.6 Å². The van der Waals surface area contributed by atoms with Gasteiger partial charge in [0.05, 0.1) is 15.6 Å². The molecular weight excluding hydrogens is 395 g/mol. The van der Waals surface area contributed by atoms with Gasteiger partial charge in [0.2, 0.25) is 0 Å². The molecule has 6 heteroatoms. The molecule has 0 saturated heterocycles. The maximum Gasteiger partial charge on any atom is 0.147 e. The van der Waals surface area contributed by atoms with Crippen molar-refractivity contribution < 1.29 is 9.63 Å². The second-order valence-electron chi connectivity index (χ2n) is 6.35. The van der Waals surface area contributed by atoms with E-state index >= 15 is 0 Å². The Hall–Kier alpha value is -2.66. The lowest BCUT2D eigenvalue weighted by molar-refractivity contribution is 0.217. The van der Waals surface area contributed by atoms with Gasteiger partial charge >= 0.3 is 0 Å². The molecule has 2 aromatic carbocycles. The van der Waals surface area contributed by atoms with Gasteiger partial charge in [-0.2, -0.15) is 0 Å². The van der Waals surface area contributed by atoms with Crippen molar-refractivity contribution >= 4 is 23.2 Å². The highest BCUT2D eigenvalue weighted by atomic mass is 35.5. The Bertz CT molecular complexity index is 1080. The van der Waals surface area contributed by atoms with Crippen molar-refractivity contribution in [2.24, 2.45) is 0 Å². The minimum atomic E-state index is -0.942. The summed E-state index contributed by atoms with van der Waals surface area (Å²) in [6.45, 7) is 0. The first-order chi connectivity index (χ1) is 13.6. The quantitative estimate of drug-likeness (QED) is 0.457. The number of pyridine rings is 1. The molecule has 4 rings (SSSR count). The Kier molecular flexibility index (Phi) is 5.44. The van der Waals surface area contributed by atoms with Crippen LogP contribution in [0.2, 0.25) is 10.0 Å². The van der Waals surface area contributed by atoms with Crippen LogP contribution in [0.5, 0.6) is 0 Å². The molecule has 0 fully saturated rings. The molecule has 4 aromatic rings. The molecule has 0 saturated carbocycles. The van der Waals surface area contributed by atoms with Crippen LogP contribution >= 0.6 is 23.2 Å². The molecular formula is C22H16Cl2N2O2. The average Bonchev–Trinajstić information content (AvgIpc) is 3.14. The van der Waals surface area contributed by atoms with E-state index in [1.54, 1.807) is 36.7 Å². The molecule has 0 aliphatic carbocycles. The van der Waals surface area contributed by atoms with Crippen molar-refractivity contribution in [1.29, 1.82) is 0 Å². The van der Waals surface area contributed by atoms with Gasteiger partial charge in [0.1, 0.15) is 17.6 Å². The summed E-state index contributed by atoms with van der Waals surface area (Å²) in [5.74, 6) is 0.587. The van der Waals surface area contributed by atoms with E-state index in [2.05, 4.69) is 10.1 Å². The maximum absolute atomic E-state index is 11.1. The molecule has 140 valence electrons. The standard InChI is InChI=1S/C22H16Cl2N2O2/c23-17-9-8-15(12-18(17)24)21-20(22(27)16-7-4-10-25-13-16)19(28-26-21)11-14-5-2-1-3-6-14/h1-10,12-13,22,27H,11H2. The second-order valence-corrected chi connectivity index (χ2v) is 7.16. The fourth-order valence-corrected chi connectivity index (χ4v) is 3.38. The van der Waals surface area contributed by atoms with Gasteiger partial charge in [0.25, 0.3) is 0 Å². The first-order valence-corrected chi connectivity index (χ1v) is 9.45. The third-order valence-electron chi connectivity index (χ3n) is 4.48. The molecule has 0 spiro atoms. The molecule has 28 heavy (non-hydrogen) atoms. The highest BCUT2D eigenvalue weighted by Crippen LogP contribution is 2.37. The minimum absolute atomic E-state index is 0.411. The van der Waals surface area contributed by atoms with E-state index in [1.807, 2.05) is 36.4 Å². The Labute approximate surface area is 172 Å². The van der Waals surface area contributed by atoms with Gasteiger partial charge in [-0.05, 0) is 23.8 Å². The lowest BCUT2D eigenvalue weighted by Crippen LogP contribution is -2.04. The lowest BCUT2D eigenvalue weighted by atomic mass is 9.95. The number of halogens is 2. The van der Waals surface area contributed by atoms with Gasteiger partial charge in [-0.3, -0.25) is 4.98 Å². The summed E-state index contributed by atoms with van der Waals surface area (Å²) in [5.41, 5.74) is 3.55. The smallest absolute Gasteiger partial charge is 0.147 e. The number of aromatic nitrogens is 2. The molecule has 0 radical (unpaired) electrons. The van der Waals surface area contributed by atoms with Crippen LogP contribution in [-0.2, 0) is 6.42 Å². The van der Waals surface area contributed by atoms with E-state index in [-0.39, 0.29) is 0 Å². The number of aliphatic hydroxyl groups is 1. The fourth-order valence-electron chi connectivity index (χ4n) is 3.08. The van der Waals surface area contributed by atoms with Crippen molar-refractivity contribution in [2.45, 2.75) is 12.5 Å². The van der Waals surface area contributed by atoms with E-state index in [9.17, 15) is 5.11 Å². The first kappa shape index (κ1) is 18.7. The van der Waals surface area contributed by atoms with Crippen molar-refractivity contribution in [3.05, 3.63) is 106 Å². The number of aliphatic hydroxyl groups excluding tert-OH is 1. The number of hydrogen-bond acceptors (Lipinski definition) is 4. The molecule has 1 atom stereocenters. The Balaban J connectivity index is 1.83. The lowest BCUT2D eigenvalue weighted by Gasteiger charge is -2.13. The molecule has 0 bridgehead atoms. The monoisotopic (exact) mass is 410 g/mol. The van der Waals surface area contributed by atoms with Crippen LogP contribution in [0.4, 0.5) is 0 Å². The summed E-state index contributed by atoms with van der Waals surface area (Å²) < 4.78 is 5.66. The largest absolute Gasteiger partial charge is 0.383 e. The fraction of sp³-hybridized carbons (Fsp3) is 0.0909. The van der Waals surface area contributed by atoms with Gasteiger partial charge < -0.3 is 9.63 Å². The minimum Gasteiger partial charge on any atom is -0.383 e. The van der Waals surface area contributed by atoms with Gasteiger partial charge in [-0.1, -0.05) is 70.8 Å². The highest BCUT2D eigenvalue weighted by molar-refractivity contribution is 6.42. The zero-order valence-corrected chi connectivity index (χ0v) is 16.2. The van der Waals surface area contributed by atoms with Crippen LogP contribution in [-0.4, -0.2) is 15.2 Å².